The topological polar surface area (TPSA) is 43.7 Å². The number of nitrogens with zero attached hydrogens (tertiary/aromatic N) is 1. The molecule has 26 heavy (non-hydrogen) atoms. The third kappa shape index (κ3) is 3.93. The van der Waals surface area contributed by atoms with Crippen LogP contribution in [-0.2, 0) is 6.42 Å². The molecule has 1 heterocycles. The Balaban J connectivity index is 1.31. The van der Waals surface area contributed by atoms with Gasteiger partial charge in [-0.3, -0.25) is 4.90 Å². The summed E-state index contributed by atoms with van der Waals surface area (Å²) in [6, 6.07) is 15.9. The van der Waals surface area contributed by atoms with Crippen LogP contribution in [0.5, 0.6) is 5.75 Å². The van der Waals surface area contributed by atoms with Gasteiger partial charge in [-0.1, -0.05) is 24.3 Å². The molecule has 0 aromatic heterocycles. The van der Waals surface area contributed by atoms with Crippen molar-refractivity contribution < 1.29 is 10.2 Å². The summed E-state index contributed by atoms with van der Waals surface area (Å²) >= 11 is 1.82. The highest BCUT2D eigenvalue weighted by Gasteiger charge is 2.48. The summed E-state index contributed by atoms with van der Waals surface area (Å²) in [5, 5.41) is 20.5. The summed E-state index contributed by atoms with van der Waals surface area (Å²) < 4.78 is 0. The molecule has 1 saturated carbocycles. The van der Waals surface area contributed by atoms with E-state index in [0.29, 0.717) is 17.6 Å². The number of aliphatic hydroxyl groups is 1. The zero-order valence-corrected chi connectivity index (χ0v) is 16.1. The van der Waals surface area contributed by atoms with Crippen molar-refractivity contribution in [3.05, 3.63) is 59.7 Å². The SMILES string of the molecule is Cc1ccccc1C[C@]1(O)C[C@H]2CN(CSc3ccc(O)cc3)C[C@H]2C1. The highest BCUT2D eigenvalue weighted by atomic mass is 32.2. The maximum absolute atomic E-state index is 11.1. The summed E-state index contributed by atoms with van der Waals surface area (Å²) in [6.45, 7) is 4.31. The van der Waals surface area contributed by atoms with Gasteiger partial charge in [0.05, 0.1) is 5.60 Å². The quantitative estimate of drug-likeness (QED) is 0.780. The number of fused-ring (bicyclic) bond motifs is 1. The van der Waals surface area contributed by atoms with Crippen LogP contribution < -0.4 is 0 Å². The number of phenols is 1. The lowest BCUT2D eigenvalue weighted by atomic mass is 9.89. The Morgan fingerprint density at radius 1 is 1.04 bits per heavy atom. The zero-order valence-electron chi connectivity index (χ0n) is 15.3. The van der Waals surface area contributed by atoms with E-state index in [1.165, 1.54) is 16.0 Å². The fourth-order valence-electron chi connectivity index (χ4n) is 4.68. The molecule has 1 aliphatic heterocycles. The molecular formula is C22H27NO2S. The van der Waals surface area contributed by atoms with Crippen molar-refractivity contribution in [1.82, 2.24) is 4.90 Å². The van der Waals surface area contributed by atoms with E-state index < -0.39 is 5.60 Å². The molecule has 2 N–H and O–H groups in total. The van der Waals surface area contributed by atoms with Crippen LogP contribution in [-0.4, -0.2) is 39.7 Å². The summed E-state index contributed by atoms with van der Waals surface area (Å²) in [5.74, 6) is 2.53. The van der Waals surface area contributed by atoms with Gasteiger partial charge >= 0.3 is 0 Å². The third-order valence-corrected chi connectivity index (χ3v) is 7.07. The minimum Gasteiger partial charge on any atom is -0.508 e. The molecule has 2 aromatic carbocycles. The standard InChI is InChI=1S/C22H27NO2S/c1-16-4-2-3-5-17(16)10-22(25)11-18-13-23(14-19(18)12-22)15-26-21-8-6-20(24)7-9-21/h2-9,18-19,24-25H,10-15H2,1H3/t18-,19+,22-. The smallest absolute Gasteiger partial charge is 0.115 e. The normalized spacial score (nSPS) is 28.4. The molecule has 138 valence electrons. The van der Waals surface area contributed by atoms with Crippen molar-refractivity contribution in [2.24, 2.45) is 11.8 Å². The first-order valence-electron chi connectivity index (χ1n) is 9.42. The predicted octanol–water partition coefficient (Wildman–Crippen LogP) is 4.07. The minimum atomic E-state index is -0.530. The Bertz CT molecular complexity index is 747. The average molecular weight is 370 g/mol. The Hall–Kier alpha value is -1.49. The Kier molecular flexibility index (Phi) is 5.00. The van der Waals surface area contributed by atoms with Crippen LogP contribution in [0.2, 0.25) is 0 Å². The van der Waals surface area contributed by atoms with Crippen LogP contribution in [0.25, 0.3) is 0 Å². The first-order valence-corrected chi connectivity index (χ1v) is 10.4. The number of aryl methyl sites for hydroxylation is 1. The maximum atomic E-state index is 11.1. The van der Waals surface area contributed by atoms with Gasteiger partial charge < -0.3 is 10.2 Å². The van der Waals surface area contributed by atoms with Crippen molar-refractivity contribution in [3.8, 4) is 5.75 Å². The molecule has 0 radical (unpaired) electrons. The Morgan fingerprint density at radius 3 is 2.35 bits per heavy atom. The summed E-state index contributed by atoms with van der Waals surface area (Å²) in [6.07, 6.45) is 2.63. The van der Waals surface area contributed by atoms with Crippen LogP contribution in [0.15, 0.2) is 53.4 Å². The van der Waals surface area contributed by atoms with E-state index in [-0.39, 0.29) is 0 Å². The monoisotopic (exact) mass is 369 g/mol. The molecule has 4 rings (SSSR count). The molecule has 1 saturated heterocycles. The fraction of sp³-hybridized carbons (Fsp3) is 0.455. The Labute approximate surface area is 160 Å². The van der Waals surface area contributed by atoms with Crippen molar-refractivity contribution in [3.63, 3.8) is 0 Å². The van der Waals surface area contributed by atoms with Gasteiger partial charge in [-0.15, -0.1) is 11.8 Å². The van der Waals surface area contributed by atoms with Gasteiger partial charge in [0.1, 0.15) is 5.75 Å². The maximum Gasteiger partial charge on any atom is 0.115 e. The number of aromatic hydroxyl groups is 1. The highest BCUT2D eigenvalue weighted by Crippen LogP contribution is 2.46. The largest absolute Gasteiger partial charge is 0.508 e. The average Bonchev–Trinajstić information content (AvgIpc) is 3.11. The van der Waals surface area contributed by atoms with E-state index in [9.17, 15) is 10.2 Å². The predicted molar refractivity (Wildman–Crippen MR) is 106 cm³/mol. The van der Waals surface area contributed by atoms with E-state index in [1.807, 2.05) is 23.9 Å². The van der Waals surface area contributed by atoms with Gasteiger partial charge in [-0.05, 0) is 67.0 Å². The van der Waals surface area contributed by atoms with Gasteiger partial charge in [0.25, 0.3) is 0 Å². The number of thioether (sulfide) groups is 1. The molecular weight excluding hydrogens is 342 g/mol. The molecule has 3 nitrogen and oxygen atoms in total. The number of phenolic OH excluding ortho intramolecular Hbond substituents is 1. The van der Waals surface area contributed by atoms with Crippen LogP contribution >= 0.6 is 11.8 Å². The summed E-state index contributed by atoms with van der Waals surface area (Å²) in [5.41, 5.74) is 2.04. The lowest BCUT2D eigenvalue weighted by molar-refractivity contribution is 0.0361. The molecule has 2 aliphatic rings. The van der Waals surface area contributed by atoms with Gasteiger partial charge in [0.15, 0.2) is 0 Å². The molecule has 2 fully saturated rings. The molecule has 2 aromatic rings. The highest BCUT2D eigenvalue weighted by molar-refractivity contribution is 7.99. The lowest BCUT2D eigenvalue weighted by Gasteiger charge is -2.26. The first kappa shape index (κ1) is 17.9. The second kappa shape index (κ2) is 7.26. The van der Waals surface area contributed by atoms with Gasteiger partial charge in [-0.25, -0.2) is 0 Å². The van der Waals surface area contributed by atoms with Crippen molar-refractivity contribution in [2.45, 2.75) is 36.7 Å². The summed E-state index contributed by atoms with van der Waals surface area (Å²) in [7, 11) is 0. The van der Waals surface area contributed by atoms with E-state index >= 15 is 0 Å². The van der Waals surface area contributed by atoms with E-state index in [2.05, 4.69) is 36.1 Å². The molecule has 3 atom stereocenters. The van der Waals surface area contributed by atoms with Gasteiger partial charge in [-0.2, -0.15) is 0 Å². The van der Waals surface area contributed by atoms with E-state index in [0.717, 1.165) is 38.2 Å². The second-order valence-electron chi connectivity index (χ2n) is 8.06. The van der Waals surface area contributed by atoms with Crippen molar-refractivity contribution >= 4 is 11.8 Å². The van der Waals surface area contributed by atoms with E-state index in [4.69, 9.17) is 0 Å². The lowest BCUT2D eigenvalue weighted by Crippen LogP contribution is -2.32. The van der Waals surface area contributed by atoms with Gasteiger partial charge in [0.2, 0.25) is 0 Å². The van der Waals surface area contributed by atoms with Crippen LogP contribution in [0.4, 0.5) is 0 Å². The number of hydrogen-bond acceptors (Lipinski definition) is 4. The van der Waals surface area contributed by atoms with Crippen LogP contribution in [0.1, 0.15) is 24.0 Å². The molecule has 1 aliphatic carbocycles. The number of likely N-dealkylation sites (tertiary alicyclic amines) is 1. The van der Waals surface area contributed by atoms with Crippen molar-refractivity contribution in [2.75, 3.05) is 19.0 Å². The fourth-order valence-corrected chi connectivity index (χ4v) is 5.55. The second-order valence-corrected chi connectivity index (χ2v) is 9.08. The van der Waals surface area contributed by atoms with Crippen molar-refractivity contribution in [1.29, 1.82) is 0 Å². The number of benzene rings is 2. The molecule has 0 unspecified atom stereocenters. The third-order valence-electron chi connectivity index (χ3n) is 5.97. The van der Waals surface area contributed by atoms with Crippen LogP contribution in [0, 0.1) is 18.8 Å². The zero-order chi connectivity index (χ0) is 18.1. The minimum absolute atomic E-state index is 0.318. The molecule has 0 amide bonds. The number of rotatable bonds is 5. The molecule has 0 spiro atoms. The Morgan fingerprint density at radius 2 is 1.69 bits per heavy atom. The first-order chi connectivity index (χ1) is 12.5. The summed E-state index contributed by atoms with van der Waals surface area (Å²) in [4.78, 5) is 3.70. The molecule has 4 heteroatoms. The number of hydrogen-bond donors (Lipinski definition) is 2. The van der Waals surface area contributed by atoms with E-state index in [1.54, 1.807) is 12.1 Å². The van der Waals surface area contributed by atoms with Crippen LogP contribution in [0.3, 0.4) is 0 Å². The molecule has 0 bridgehead atoms. The van der Waals surface area contributed by atoms with Gasteiger partial charge in [0, 0.05) is 30.3 Å².